The summed E-state index contributed by atoms with van der Waals surface area (Å²) in [5, 5.41) is 3.41. The molecule has 11 heavy (non-hydrogen) atoms. The third-order valence-corrected chi connectivity index (χ3v) is 3.17. The molecule has 0 spiro atoms. The van der Waals surface area contributed by atoms with E-state index in [1.807, 2.05) is 0 Å². The van der Waals surface area contributed by atoms with Crippen molar-refractivity contribution in [3.63, 3.8) is 0 Å². The lowest BCUT2D eigenvalue weighted by Crippen LogP contribution is -2.42. The molecule has 2 aliphatic rings. The van der Waals surface area contributed by atoms with Gasteiger partial charge in [0, 0.05) is 24.7 Å². The fourth-order valence-corrected chi connectivity index (χ4v) is 1.95. The summed E-state index contributed by atoms with van der Waals surface area (Å²) in [5.41, 5.74) is 0.405. The smallest absolute Gasteiger partial charge is 0.0289 e. The molecule has 0 amide bonds. The minimum atomic E-state index is 0.405. The maximum atomic E-state index is 3.41. The van der Waals surface area contributed by atoms with Crippen LogP contribution in [0.4, 0.5) is 0 Å². The number of hydrogen-bond donors (Lipinski definition) is 1. The summed E-state index contributed by atoms with van der Waals surface area (Å²) in [6.07, 6.45) is 4.21. The summed E-state index contributed by atoms with van der Waals surface area (Å²) in [7, 11) is 2.08. The maximum Gasteiger partial charge on any atom is 0.0289 e. The van der Waals surface area contributed by atoms with Crippen molar-refractivity contribution in [1.82, 2.24) is 10.2 Å². The molecule has 0 aromatic heterocycles. The molecule has 1 N–H and O–H groups in total. The SMILES string of the molecule is CNC1(C)CCN(C2CC2)C1. The lowest BCUT2D eigenvalue weighted by Gasteiger charge is -2.23. The Kier molecular flexibility index (Phi) is 1.69. The van der Waals surface area contributed by atoms with Crippen molar-refractivity contribution in [3.05, 3.63) is 0 Å². The molecule has 1 unspecified atom stereocenters. The first-order valence-electron chi connectivity index (χ1n) is 4.66. The fourth-order valence-electron chi connectivity index (χ4n) is 1.95. The van der Waals surface area contributed by atoms with Crippen molar-refractivity contribution >= 4 is 0 Å². The predicted octanol–water partition coefficient (Wildman–Crippen LogP) is 0.833. The largest absolute Gasteiger partial charge is 0.313 e. The molecule has 0 bridgehead atoms. The van der Waals surface area contributed by atoms with E-state index < -0.39 is 0 Å². The predicted molar refractivity (Wildman–Crippen MR) is 46.7 cm³/mol. The van der Waals surface area contributed by atoms with E-state index in [1.165, 1.54) is 32.4 Å². The molecule has 2 heteroatoms. The van der Waals surface area contributed by atoms with Gasteiger partial charge in [0.2, 0.25) is 0 Å². The molecular weight excluding hydrogens is 136 g/mol. The molecule has 1 aliphatic heterocycles. The van der Waals surface area contributed by atoms with Crippen LogP contribution < -0.4 is 5.32 Å². The second-order valence-corrected chi connectivity index (χ2v) is 4.26. The normalized spacial score (nSPS) is 39.8. The van der Waals surface area contributed by atoms with Gasteiger partial charge in [-0.15, -0.1) is 0 Å². The Bertz CT molecular complexity index is 154. The van der Waals surface area contributed by atoms with E-state index in [-0.39, 0.29) is 0 Å². The van der Waals surface area contributed by atoms with Crippen molar-refractivity contribution in [2.75, 3.05) is 20.1 Å². The van der Waals surface area contributed by atoms with Crippen molar-refractivity contribution in [3.8, 4) is 0 Å². The zero-order valence-electron chi connectivity index (χ0n) is 7.56. The molecule has 2 nitrogen and oxygen atoms in total. The van der Waals surface area contributed by atoms with E-state index in [2.05, 4.69) is 24.2 Å². The van der Waals surface area contributed by atoms with Crippen LogP contribution in [-0.2, 0) is 0 Å². The first kappa shape index (κ1) is 7.56. The van der Waals surface area contributed by atoms with Crippen molar-refractivity contribution < 1.29 is 0 Å². The van der Waals surface area contributed by atoms with Gasteiger partial charge in [0.25, 0.3) is 0 Å². The quantitative estimate of drug-likeness (QED) is 0.634. The highest BCUT2D eigenvalue weighted by Gasteiger charge is 2.39. The van der Waals surface area contributed by atoms with Crippen LogP contribution in [0, 0.1) is 0 Å². The molecule has 1 saturated heterocycles. The van der Waals surface area contributed by atoms with Gasteiger partial charge >= 0.3 is 0 Å². The van der Waals surface area contributed by atoms with Gasteiger partial charge in [0.15, 0.2) is 0 Å². The Morgan fingerprint density at radius 2 is 2.18 bits per heavy atom. The zero-order valence-corrected chi connectivity index (χ0v) is 7.56. The number of nitrogens with zero attached hydrogens (tertiary/aromatic N) is 1. The van der Waals surface area contributed by atoms with Gasteiger partial charge in [0.05, 0.1) is 0 Å². The van der Waals surface area contributed by atoms with Crippen molar-refractivity contribution in [2.45, 2.75) is 37.8 Å². The van der Waals surface area contributed by atoms with Gasteiger partial charge in [-0.3, -0.25) is 4.90 Å². The molecule has 1 atom stereocenters. The summed E-state index contributed by atoms with van der Waals surface area (Å²) in [5.74, 6) is 0. The average molecular weight is 154 g/mol. The Balaban J connectivity index is 1.91. The number of likely N-dealkylation sites (tertiary alicyclic amines) is 1. The number of nitrogens with one attached hydrogen (secondary N) is 1. The van der Waals surface area contributed by atoms with Gasteiger partial charge in [-0.1, -0.05) is 0 Å². The summed E-state index contributed by atoms with van der Waals surface area (Å²) < 4.78 is 0. The van der Waals surface area contributed by atoms with Crippen LogP contribution >= 0.6 is 0 Å². The Morgan fingerprint density at radius 3 is 2.64 bits per heavy atom. The average Bonchev–Trinajstić information content (AvgIpc) is 2.77. The molecule has 0 radical (unpaired) electrons. The molecule has 1 saturated carbocycles. The van der Waals surface area contributed by atoms with E-state index in [0.717, 1.165) is 6.04 Å². The van der Waals surface area contributed by atoms with E-state index in [0.29, 0.717) is 5.54 Å². The van der Waals surface area contributed by atoms with Gasteiger partial charge in [-0.25, -0.2) is 0 Å². The van der Waals surface area contributed by atoms with E-state index in [4.69, 9.17) is 0 Å². The number of hydrogen-bond acceptors (Lipinski definition) is 2. The minimum absolute atomic E-state index is 0.405. The Labute approximate surface area is 69.0 Å². The van der Waals surface area contributed by atoms with Crippen LogP contribution in [0.2, 0.25) is 0 Å². The molecule has 1 heterocycles. The van der Waals surface area contributed by atoms with Gasteiger partial charge < -0.3 is 5.32 Å². The molecular formula is C9H18N2. The van der Waals surface area contributed by atoms with E-state index in [1.54, 1.807) is 0 Å². The van der Waals surface area contributed by atoms with Gasteiger partial charge in [-0.05, 0) is 33.2 Å². The minimum Gasteiger partial charge on any atom is -0.313 e. The lowest BCUT2D eigenvalue weighted by atomic mass is 10.0. The zero-order chi connectivity index (χ0) is 7.90. The first-order valence-corrected chi connectivity index (χ1v) is 4.66. The summed E-state index contributed by atoms with van der Waals surface area (Å²) in [6.45, 7) is 4.89. The van der Waals surface area contributed by atoms with Gasteiger partial charge in [-0.2, -0.15) is 0 Å². The standard InChI is InChI=1S/C9H18N2/c1-9(10-2)5-6-11(7-9)8-3-4-8/h8,10H,3-7H2,1-2H3. The summed E-state index contributed by atoms with van der Waals surface area (Å²) >= 11 is 0. The Hall–Kier alpha value is -0.0800. The van der Waals surface area contributed by atoms with Crippen LogP contribution in [0.25, 0.3) is 0 Å². The molecule has 0 aromatic rings. The number of likely N-dealkylation sites (N-methyl/N-ethyl adjacent to an activating group) is 1. The van der Waals surface area contributed by atoms with Crippen molar-refractivity contribution in [1.29, 1.82) is 0 Å². The highest BCUT2D eigenvalue weighted by Crippen LogP contribution is 2.32. The highest BCUT2D eigenvalue weighted by atomic mass is 15.2. The van der Waals surface area contributed by atoms with Crippen molar-refractivity contribution in [2.24, 2.45) is 0 Å². The number of rotatable bonds is 2. The molecule has 2 fully saturated rings. The topological polar surface area (TPSA) is 15.3 Å². The van der Waals surface area contributed by atoms with E-state index >= 15 is 0 Å². The molecule has 0 aromatic carbocycles. The van der Waals surface area contributed by atoms with Crippen LogP contribution in [-0.4, -0.2) is 36.6 Å². The fraction of sp³-hybridized carbons (Fsp3) is 1.00. The molecule has 64 valence electrons. The summed E-state index contributed by atoms with van der Waals surface area (Å²) in [4.78, 5) is 2.64. The Morgan fingerprint density at radius 1 is 1.45 bits per heavy atom. The van der Waals surface area contributed by atoms with Gasteiger partial charge in [0.1, 0.15) is 0 Å². The third kappa shape index (κ3) is 1.42. The van der Waals surface area contributed by atoms with Crippen LogP contribution in [0.15, 0.2) is 0 Å². The third-order valence-electron chi connectivity index (χ3n) is 3.17. The first-order chi connectivity index (χ1) is 5.23. The highest BCUT2D eigenvalue weighted by molar-refractivity contribution is 4.98. The van der Waals surface area contributed by atoms with Crippen LogP contribution in [0.1, 0.15) is 26.2 Å². The molecule has 1 aliphatic carbocycles. The van der Waals surface area contributed by atoms with E-state index in [9.17, 15) is 0 Å². The van der Waals surface area contributed by atoms with Crippen LogP contribution in [0.3, 0.4) is 0 Å². The lowest BCUT2D eigenvalue weighted by molar-refractivity contribution is 0.292. The molecule has 2 rings (SSSR count). The second kappa shape index (κ2) is 2.46. The maximum absolute atomic E-state index is 3.41. The van der Waals surface area contributed by atoms with Crippen LogP contribution in [0.5, 0.6) is 0 Å². The monoisotopic (exact) mass is 154 g/mol. The summed E-state index contributed by atoms with van der Waals surface area (Å²) in [6, 6.07) is 0.949. The second-order valence-electron chi connectivity index (χ2n) is 4.26.